The third-order valence-corrected chi connectivity index (χ3v) is 5.46. The summed E-state index contributed by atoms with van der Waals surface area (Å²) in [5.74, 6) is -0.471. The predicted molar refractivity (Wildman–Crippen MR) is 112 cm³/mol. The zero-order valence-corrected chi connectivity index (χ0v) is 17.1. The van der Waals surface area contributed by atoms with Crippen LogP contribution in [0.2, 0.25) is 5.02 Å². The fraction of sp³-hybridized carbons (Fsp3) is 0.227. The Bertz CT molecular complexity index is 1120. The highest BCUT2D eigenvalue weighted by atomic mass is 35.5. The van der Waals surface area contributed by atoms with Crippen molar-refractivity contribution in [2.24, 2.45) is 5.73 Å². The van der Waals surface area contributed by atoms with Crippen LogP contribution < -0.4 is 10.5 Å². The quantitative estimate of drug-likeness (QED) is 0.674. The van der Waals surface area contributed by atoms with E-state index in [0.29, 0.717) is 31.0 Å². The minimum atomic E-state index is -0.617. The lowest BCUT2D eigenvalue weighted by Crippen LogP contribution is -2.32. The molecule has 3 aromatic rings. The molecule has 1 aromatic carbocycles. The zero-order valence-electron chi connectivity index (χ0n) is 16.4. The van der Waals surface area contributed by atoms with Crippen molar-refractivity contribution in [3.05, 3.63) is 75.9 Å². The molecule has 0 radical (unpaired) electrons. The van der Waals surface area contributed by atoms with Gasteiger partial charge in [0.1, 0.15) is 11.5 Å². The summed E-state index contributed by atoms with van der Waals surface area (Å²) in [5.41, 5.74) is 9.94. The number of methoxy groups -OCH3 is 1. The summed E-state index contributed by atoms with van der Waals surface area (Å²) in [5, 5.41) is 0.283. The molecular formula is C22H20ClFN4O2. The summed E-state index contributed by atoms with van der Waals surface area (Å²) in [6.07, 6.45) is 2.43. The van der Waals surface area contributed by atoms with Gasteiger partial charge in [0.25, 0.3) is 5.91 Å². The Balaban J connectivity index is 1.69. The molecule has 0 atom stereocenters. The van der Waals surface area contributed by atoms with E-state index in [9.17, 15) is 9.18 Å². The van der Waals surface area contributed by atoms with E-state index >= 15 is 0 Å². The largest absolute Gasteiger partial charge is 0.481 e. The van der Waals surface area contributed by atoms with Crippen molar-refractivity contribution in [2.45, 2.75) is 19.5 Å². The van der Waals surface area contributed by atoms with E-state index in [1.54, 1.807) is 25.4 Å². The number of pyridine rings is 2. The van der Waals surface area contributed by atoms with E-state index in [0.717, 1.165) is 28.9 Å². The number of primary amides is 1. The minimum absolute atomic E-state index is 0.163. The van der Waals surface area contributed by atoms with Crippen LogP contribution in [0.25, 0.3) is 11.1 Å². The molecule has 0 aliphatic carbocycles. The first-order valence-corrected chi connectivity index (χ1v) is 9.81. The summed E-state index contributed by atoms with van der Waals surface area (Å²) >= 11 is 6.30. The van der Waals surface area contributed by atoms with Crippen LogP contribution in [0, 0.1) is 5.82 Å². The lowest BCUT2D eigenvalue weighted by Gasteiger charge is -2.30. The fourth-order valence-corrected chi connectivity index (χ4v) is 3.99. The molecule has 0 bridgehead atoms. The number of fused-ring (bicyclic) bond motifs is 1. The number of carbonyl (C=O) groups excluding carboxylic acids is 1. The van der Waals surface area contributed by atoms with Gasteiger partial charge in [-0.25, -0.2) is 14.4 Å². The highest BCUT2D eigenvalue weighted by Crippen LogP contribution is 2.35. The molecule has 30 heavy (non-hydrogen) atoms. The van der Waals surface area contributed by atoms with Crippen molar-refractivity contribution in [3.63, 3.8) is 0 Å². The van der Waals surface area contributed by atoms with Crippen molar-refractivity contribution in [2.75, 3.05) is 13.7 Å². The van der Waals surface area contributed by atoms with Crippen LogP contribution in [0.1, 0.15) is 27.3 Å². The highest BCUT2D eigenvalue weighted by molar-refractivity contribution is 6.33. The summed E-state index contributed by atoms with van der Waals surface area (Å²) in [6.45, 7) is 2.03. The fourth-order valence-electron chi connectivity index (χ4n) is 3.72. The number of hydrogen-bond acceptors (Lipinski definition) is 5. The molecule has 3 heterocycles. The second kappa shape index (κ2) is 8.38. The van der Waals surface area contributed by atoms with Crippen LogP contribution in [0.15, 0.2) is 42.6 Å². The number of benzene rings is 1. The molecular weight excluding hydrogens is 407 g/mol. The van der Waals surface area contributed by atoms with Crippen molar-refractivity contribution in [3.8, 4) is 17.0 Å². The summed E-state index contributed by atoms with van der Waals surface area (Å²) in [4.78, 5) is 22.7. The average molecular weight is 427 g/mol. The van der Waals surface area contributed by atoms with E-state index < -0.39 is 11.7 Å². The van der Waals surface area contributed by atoms with E-state index in [1.165, 1.54) is 12.1 Å². The Morgan fingerprint density at radius 2 is 2.10 bits per heavy atom. The summed E-state index contributed by atoms with van der Waals surface area (Å²) in [6, 6.07) is 9.71. The summed E-state index contributed by atoms with van der Waals surface area (Å²) in [7, 11) is 1.58. The third-order valence-electron chi connectivity index (χ3n) is 5.15. The van der Waals surface area contributed by atoms with Crippen molar-refractivity contribution in [1.29, 1.82) is 0 Å². The van der Waals surface area contributed by atoms with Crippen LogP contribution >= 0.6 is 11.6 Å². The Hall–Kier alpha value is -3.03. The SMILES string of the molecule is COc1cc(CN2CCc3c(-c4ccc(F)cc4Cl)cc(C(N)=O)nc3C2)ccn1. The molecule has 8 heteroatoms. The molecule has 1 aliphatic heterocycles. The molecule has 154 valence electrons. The smallest absolute Gasteiger partial charge is 0.267 e. The monoisotopic (exact) mass is 426 g/mol. The van der Waals surface area contributed by atoms with Gasteiger partial charge in [0.05, 0.1) is 17.8 Å². The topological polar surface area (TPSA) is 81.3 Å². The molecule has 2 N–H and O–H groups in total. The number of nitrogens with zero attached hydrogens (tertiary/aromatic N) is 3. The Kier molecular flexibility index (Phi) is 5.65. The van der Waals surface area contributed by atoms with Gasteiger partial charge in [0.15, 0.2) is 0 Å². The predicted octanol–water partition coefficient (Wildman–Crippen LogP) is 3.60. The number of ether oxygens (including phenoxy) is 1. The van der Waals surface area contributed by atoms with E-state index in [1.807, 2.05) is 12.1 Å². The third kappa shape index (κ3) is 4.13. The molecule has 0 spiro atoms. The number of nitrogens with two attached hydrogens (primary N) is 1. The Morgan fingerprint density at radius 3 is 2.83 bits per heavy atom. The van der Waals surface area contributed by atoms with Gasteiger partial charge < -0.3 is 10.5 Å². The van der Waals surface area contributed by atoms with Gasteiger partial charge >= 0.3 is 0 Å². The minimum Gasteiger partial charge on any atom is -0.481 e. The van der Waals surface area contributed by atoms with Gasteiger partial charge in [-0.05, 0) is 53.4 Å². The average Bonchev–Trinajstić information content (AvgIpc) is 2.73. The Labute approximate surface area is 178 Å². The van der Waals surface area contributed by atoms with E-state index in [4.69, 9.17) is 22.1 Å². The number of carbonyl (C=O) groups is 1. The zero-order chi connectivity index (χ0) is 21.3. The molecule has 4 rings (SSSR count). The van der Waals surface area contributed by atoms with Gasteiger partial charge in [0.2, 0.25) is 5.88 Å². The lowest BCUT2D eigenvalue weighted by molar-refractivity contribution is 0.0995. The van der Waals surface area contributed by atoms with E-state index in [-0.39, 0.29) is 10.7 Å². The van der Waals surface area contributed by atoms with E-state index in [2.05, 4.69) is 14.9 Å². The second-order valence-corrected chi connectivity index (χ2v) is 7.54. The van der Waals surface area contributed by atoms with Gasteiger partial charge in [-0.1, -0.05) is 11.6 Å². The molecule has 6 nitrogen and oxygen atoms in total. The Morgan fingerprint density at radius 1 is 1.27 bits per heavy atom. The van der Waals surface area contributed by atoms with Crippen LogP contribution in [-0.2, 0) is 19.5 Å². The number of aromatic nitrogens is 2. The first kappa shape index (κ1) is 20.3. The van der Waals surface area contributed by atoms with Crippen LogP contribution in [0.3, 0.4) is 0 Å². The number of halogens is 2. The van der Waals surface area contributed by atoms with Crippen LogP contribution in [0.5, 0.6) is 5.88 Å². The normalized spacial score (nSPS) is 13.7. The highest BCUT2D eigenvalue weighted by Gasteiger charge is 2.24. The van der Waals surface area contributed by atoms with Crippen molar-refractivity contribution < 1.29 is 13.9 Å². The lowest BCUT2D eigenvalue weighted by atomic mass is 9.93. The van der Waals surface area contributed by atoms with Gasteiger partial charge in [-0.2, -0.15) is 0 Å². The van der Waals surface area contributed by atoms with Crippen molar-refractivity contribution >= 4 is 17.5 Å². The standard InChI is InChI=1S/C22H20ClFN4O2/c1-30-21-8-13(4-6-26-21)11-28-7-5-16-17(15-3-2-14(24)9-18(15)23)10-19(22(25)29)27-20(16)12-28/h2-4,6,8-10H,5,7,11-12H2,1H3,(H2,25,29). The first-order chi connectivity index (χ1) is 14.4. The molecule has 0 saturated heterocycles. The van der Waals surface area contributed by atoms with Gasteiger partial charge in [-0.3, -0.25) is 9.69 Å². The van der Waals surface area contributed by atoms with Crippen molar-refractivity contribution in [1.82, 2.24) is 14.9 Å². The second-order valence-electron chi connectivity index (χ2n) is 7.14. The number of hydrogen-bond donors (Lipinski definition) is 1. The maximum absolute atomic E-state index is 13.5. The maximum Gasteiger partial charge on any atom is 0.267 e. The van der Waals surface area contributed by atoms with Crippen LogP contribution in [0.4, 0.5) is 4.39 Å². The first-order valence-electron chi connectivity index (χ1n) is 9.44. The van der Waals surface area contributed by atoms with Crippen LogP contribution in [-0.4, -0.2) is 34.4 Å². The number of rotatable bonds is 5. The molecule has 0 saturated carbocycles. The summed E-state index contributed by atoms with van der Waals surface area (Å²) < 4.78 is 18.7. The van der Waals surface area contributed by atoms with Gasteiger partial charge in [-0.15, -0.1) is 0 Å². The molecule has 1 amide bonds. The molecule has 0 unspecified atom stereocenters. The molecule has 2 aromatic heterocycles. The maximum atomic E-state index is 13.5. The molecule has 0 fully saturated rings. The van der Waals surface area contributed by atoms with Gasteiger partial charge in [0, 0.05) is 37.5 Å². The molecule has 1 aliphatic rings. The number of amides is 1.